The molecule has 3 rings (SSSR count). The molecule has 0 bridgehead atoms. The minimum Gasteiger partial charge on any atom is -0.508 e. The van der Waals surface area contributed by atoms with E-state index in [1.807, 2.05) is 6.07 Å². The van der Waals surface area contributed by atoms with Gasteiger partial charge < -0.3 is 15.2 Å². The highest BCUT2D eigenvalue weighted by molar-refractivity contribution is 5.39. The van der Waals surface area contributed by atoms with E-state index >= 15 is 0 Å². The van der Waals surface area contributed by atoms with Crippen molar-refractivity contribution in [1.29, 1.82) is 0 Å². The van der Waals surface area contributed by atoms with E-state index in [0.717, 1.165) is 19.4 Å². The van der Waals surface area contributed by atoms with Crippen molar-refractivity contribution < 1.29 is 9.84 Å². The average molecular weight is 275 g/mol. The number of benzene rings is 1. The molecular formula is C17H25NO2. The first-order chi connectivity index (χ1) is 9.28. The summed E-state index contributed by atoms with van der Waals surface area (Å²) in [5.41, 5.74) is 2.37. The molecule has 0 saturated carbocycles. The molecule has 0 spiro atoms. The Hall–Kier alpha value is -1.06. The highest BCUT2D eigenvalue weighted by Gasteiger charge is 2.50. The van der Waals surface area contributed by atoms with E-state index in [-0.39, 0.29) is 17.2 Å². The van der Waals surface area contributed by atoms with E-state index < -0.39 is 0 Å². The van der Waals surface area contributed by atoms with Crippen LogP contribution in [0.25, 0.3) is 0 Å². The van der Waals surface area contributed by atoms with Crippen molar-refractivity contribution in [3.63, 3.8) is 0 Å². The van der Waals surface area contributed by atoms with Crippen molar-refractivity contribution in [2.45, 2.75) is 57.8 Å². The van der Waals surface area contributed by atoms with Crippen molar-refractivity contribution in [3.8, 4) is 5.75 Å². The lowest BCUT2D eigenvalue weighted by molar-refractivity contribution is -0.0780. The Kier molecular flexibility index (Phi) is 3.11. The van der Waals surface area contributed by atoms with Crippen LogP contribution in [0.4, 0.5) is 0 Å². The first-order valence-electron chi connectivity index (χ1n) is 7.54. The van der Waals surface area contributed by atoms with Crippen molar-refractivity contribution in [1.82, 2.24) is 5.32 Å². The summed E-state index contributed by atoms with van der Waals surface area (Å²) in [4.78, 5) is 0. The molecule has 2 atom stereocenters. The van der Waals surface area contributed by atoms with E-state index in [1.165, 1.54) is 11.1 Å². The van der Waals surface area contributed by atoms with Gasteiger partial charge in [-0.1, -0.05) is 6.07 Å². The Morgan fingerprint density at radius 3 is 2.65 bits per heavy atom. The fourth-order valence-electron chi connectivity index (χ4n) is 4.05. The third-order valence-electron chi connectivity index (χ3n) is 4.77. The summed E-state index contributed by atoms with van der Waals surface area (Å²) in [6, 6.07) is 6.05. The summed E-state index contributed by atoms with van der Waals surface area (Å²) < 4.78 is 6.24. The minimum absolute atomic E-state index is 0.0791. The number of phenols is 1. The molecule has 2 unspecified atom stereocenters. The normalized spacial score (nSPS) is 31.0. The van der Waals surface area contributed by atoms with Crippen molar-refractivity contribution in [2.75, 3.05) is 6.54 Å². The van der Waals surface area contributed by atoms with Gasteiger partial charge in [0.05, 0.1) is 11.2 Å². The number of ether oxygens (including phenoxy) is 1. The van der Waals surface area contributed by atoms with Gasteiger partial charge in [-0.15, -0.1) is 0 Å². The fourth-order valence-corrected chi connectivity index (χ4v) is 4.05. The third-order valence-corrected chi connectivity index (χ3v) is 4.77. The zero-order valence-corrected chi connectivity index (χ0v) is 12.9. The summed E-state index contributed by atoms with van der Waals surface area (Å²) in [6.45, 7) is 9.70. The van der Waals surface area contributed by atoms with E-state index in [9.17, 15) is 5.11 Å². The second-order valence-electron chi connectivity index (χ2n) is 7.34. The van der Waals surface area contributed by atoms with Gasteiger partial charge in [0.25, 0.3) is 0 Å². The topological polar surface area (TPSA) is 41.5 Å². The first kappa shape index (κ1) is 13.9. The number of phenolic OH excluding ortho intramolecular Hbond substituents is 1. The smallest absolute Gasteiger partial charge is 0.115 e. The van der Waals surface area contributed by atoms with Crippen LogP contribution in [0.3, 0.4) is 0 Å². The lowest BCUT2D eigenvalue weighted by Crippen LogP contribution is -2.41. The Morgan fingerprint density at radius 2 is 2.00 bits per heavy atom. The van der Waals surface area contributed by atoms with Gasteiger partial charge in [-0.25, -0.2) is 0 Å². The van der Waals surface area contributed by atoms with Crippen molar-refractivity contribution in [2.24, 2.45) is 5.92 Å². The van der Waals surface area contributed by atoms with Crippen LogP contribution < -0.4 is 5.32 Å². The second-order valence-corrected chi connectivity index (χ2v) is 7.34. The van der Waals surface area contributed by atoms with E-state index in [0.29, 0.717) is 11.7 Å². The molecule has 0 aromatic heterocycles. The maximum absolute atomic E-state index is 9.82. The number of aromatic hydroxyl groups is 1. The van der Waals surface area contributed by atoms with Gasteiger partial charge in [-0.05, 0) is 70.3 Å². The monoisotopic (exact) mass is 275 g/mol. The van der Waals surface area contributed by atoms with E-state index in [1.54, 1.807) is 6.07 Å². The van der Waals surface area contributed by atoms with Crippen LogP contribution in [-0.4, -0.2) is 22.9 Å². The molecule has 2 aliphatic heterocycles. The van der Waals surface area contributed by atoms with E-state index in [4.69, 9.17) is 4.74 Å². The van der Waals surface area contributed by atoms with Crippen LogP contribution in [0.2, 0.25) is 0 Å². The van der Waals surface area contributed by atoms with Crippen molar-refractivity contribution >= 4 is 0 Å². The largest absolute Gasteiger partial charge is 0.508 e. The number of hydrogen-bond donors (Lipinski definition) is 2. The summed E-state index contributed by atoms with van der Waals surface area (Å²) >= 11 is 0. The van der Waals surface area contributed by atoms with Gasteiger partial charge in [0.15, 0.2) is 0 Å². The molecule has 2 heterocycles. The Bertz CT molecular complexity index is 522. The standard InChI is InChI=1S/C17H25NO2/c1-16(2)10-14(17(3,4)20-16)15-13-9-12(19)6-5-11(13)7-8-18-15/h5-6,9,14-15,18-19H,7-8,10H2,1-4H3. The van der Waals surface area contributed by atoms with Gasteiger partial charge in [0, 0.05) is 12.0 Å². The average Bonchev–Trinajstić information content (AvgIpc) is 2.56. The maximum Gasteiger partial charge on any atom is 0.115 e. The predicted molar refractivity (Wildman–Crippen MR) is 79.9 cm³/mol. The molecule has 3 heteroatoms. The molecule has 110 valence electrons. The number of nitrogens with one attached hydrogen (secondary N) is 1. The Labute approximate surface area is 121 Å². The van der Waals surface area contributed by atoms with Gasteiger partial charge in [0.2, 0.25) is 0 Å². The molecule has 1 fully saturated rings. The van der Waals surface area contributed by atoms with Crippen LogP contribution in [0.1, 0.15) is 51.3 Å². The van der Waals surface area contributed by atoms with Crippen LogP contribution in [0, 0.1) is 5.92 Å². The van der Waals surface area contributed by atoms with Crippen molar-refractivity contribution in [3.05, 3.63) is 29.3 Å². The number of rotatable bonds is 1. The molecule has 0 radical (unpaired) electrons. The van der Waals surface area contributed by atoms with Gasteiger partial charge in [-0.3, -0.25) is 0 Å². The first-order valence-corrected chi connectivity index (χ1v) is 7.54. The van der Waals surface area contributed by atoms with E-state index in [2.05, 4.69) is 39.1 Å². The van der Waals surface area contributed by atoms with Gasteiger partial charge in [-0.2, -0.15) is 0 Å². The molecule has 1 saturated heterocycles. The lowest BCUT2D eigenvalue weighted by Gasteiger charge is -2.37. The number of hydrogen-bond acceptors (Lipinski definition) is 3. The molecule has 0 amide bonds. The SMILES string of the molecule is CC1(C)CC(C2NCCc3ccc(O)cc32)C(C)(C)O1. The summed E-state index contributed by atoms with van der Waals surface area (Å²) in [7, 11) is 0. The molecule has 3 nitrogen and oxygen atoms in total. The molecule has 2 aliphatic rings. The molecule has 1 aromatic rings. The third kappa shape index (κ3) is 2.33. The maximum atomic E-state index is 9.82. The quantitative estimate of drug-likeness (QED) is 0.827. The molecule has 20 heavy (non-hydrogen) atoms. The second kappa shape index (κ2) is 4.47. The minimum atomic E-state index is -0.152. The van der Waals surface area contributed by atoms with Gasteiger partial charge >= 0.3 is 0 Å². The summed E-state index contributed by atoms with van der Waals surface area (Å²) in [5, 5.41) is 13.5. The Balaban J connectivity index is 1.99. The lowest BCUT2D eigenvalue weighted by atomic mass is 9.76. The Morgan fingerprint density at radius 1 is 1.25 bits per heavy atom. The number of fused-ring (bicyclic) bond motifs is 1. The highest BCUT2D eigenvalue weighted by atomic mass is 16.5. The van der Waals surface area contributed by atoms with Crippen LogP contribution >= 0.6 is 0 Å². The predicted octanol–water partition coefficient (Wildman–Crippen LogP) is 3.17. The zero-order chi connectivity index (χ0) is 14.5. The summed E-state index contributed by atoms with van der Waals surface area (Å²) in [6.07, 6.45) is 2.07. The zero-order valence-electron chi connectivity index (χ0n) is 12.9. The molecular weight excluding hydrogens is 250 g/mol. The fraction of sp³-hybridized carbons (Fsp3) is 0.647. The molecule has 0 aliphatic carbocycles. The highest BCUT2D eigenvalue weighted by Crippen LogP contribution is 2.49. The van der Waals surface area contributed by atoms with Gasteiger partial charge in [0.1, 0.15) is 5.75 Å². The van der Waals surface area contributed by atoms with Crippen LogP contribution in [0.5, 0.6) is 5.75 Å². The van der Waals surface area contributed by atoms with Crippen LogP contribution in [0.15, 0.2) is 18.2 Å². The molecule has 1 aromatic carbocycles. The molecule has 2 N–H and O–H groups in total. The summed E-state index contributed by atoms with van der Waals surface area (Å²) in [5.74, 6) is 0.770. The van der Waals surface area contributed by atoms with Crippen LogP contribution in [-0.2, 0) is 11.2 Å².